The Morgan fingerprint density at radius 2 is 1.88 bits per heavy atom. The minimum Gasteiger partial charge on any atom is -0.320 e. The first-order chi connectivity index (χ1) is 12.5. The van der Waals surface area contributed by atoms with Gasteiger partial charge < -0.3 is 5.32 Å². The van der Waals surface area contributed by atoms with Crippen molar-refractivity contribution in [2.75, 3.05) is 5.32 Å². The predicted molar refractivity (Wildman–Crippen MR) is 98.7 cm³/mol. The van der Waals surface area contributed by atoms with Gasteiger partial charge in [-0.15, -0.1) is 10.2 Å². The summed E-state index contributed by atoms with van der Waals surface area (Å²) < 4.78 is 30.3. The summed E-state index contributed by atoms with van der Waals surface area (Å²) in [4.78, 5) is 13.1. The Morgan fingerprint density at radius 3 is 2.65 bits per heavy atom. The van der Waals surface area contributed by atoms with Gasteiger partial charge in [0, 0.05) is 0 Å². The summed E-state index contributed by atoms with van der Waals surface area (Å²) in [5, 5.41) is 10.5. The van der Waals surface area contributed by atoms with Crippen LogP contribution in [0.2, 0.25) is 0 Å². The van der Waals surface area contributed by atoms with Gasteiger partial charge >= 0.3 is 0 Å². The van der Waals surface area contributed by atoms with Crippen molar-refractivity contribution in [3.63, 3.8) is 0 Å². The number of aromatic nitrogens is 3. The number of para-hydroxylation sites is 2. The number of halogens is 2. The van der Waals surface area contributed by atoms with Crippen LogP contribution in [-0.2, 0) is 4.79 Å². The number of thioether (sulfide) groups is 1. The third kappa shape index (κ3) is 2.93. The Bertz CT molecular complexity index is 1100. The number of fused-ring (bicyclic) bond motifs is 3. The number of nitrogens with one attached hydrogen (secondary N) is 1. The van der Waals surface area contributed by atoms with Gasteiger partial charge in [0.25, 0.3) is 0 Å². The fraction of sp³-hybridized carbons (Fsp3) is 0.118. The van der Waals surface area contributed by atoms with E-state index in [0.29, 0.717) is 5.16 Å². The molecule has 1 N–H and O–H groups in total. The maximum atomic E-state index is 13.7. The molecule has 0 fully saturated rings. The molecule has 26 heavy (non-hydrogen) atoms. The monoisotopic (exact) mass is 390 g/mol. The number of carbonyl (C=O) groups excluding carboxylic acids is 1. The van der Waals surface area contributed by atoms with Crippen molar-refractivity contribution in [2.45, 2.75) is 17.3 Å². The molecule has 0 aliphatic rings. The second kappa shape index (κ2) is 6.65. The number of hydrogen-bond acceptors (Lipinski definition) is 5. The van der Waals surface area contributed by atoms with Crippen LogP contribution < -0.4 is 5.32 Å². The van der Waals surface area contributed by atoms with Crippen LogP contribution in [0.4, 0.5) is 14.5 Å². The number of nitrogens with zero attached hydrogens (tertiary/aromatic N) is 3. The van der Waals surface area contributed by atoms with Crippen molar-refractivity contribution in [1.82, 2.24) is 14.6 Å². The average molecular weight is 390 g/mol. The highest BCUT2D eigenvalue weighted by atomic mass is 32.2. The van der Waals surface area contributed by atoms with Gasteiger partial charge in [0.2, 0.25) is 10.9 Å². The van der Waals surface area contributed by atoms with Crippen molar-refractivity contribution in [3.05, 3.63) is 54.1 Å². The first-order valence-electron chi connectivity index (χ1n) is 7.69. The Morgan fingerprint density at radius 1 is 1.15 bits per heavy atom. The number of benzene rings is 2. The zero-order chi connectivity index (χ0) is 18.3. The minimum atomic E-state index is -0.816. The van der Waals surface area contributed by atoms with Gasteiger partial charge in [-0.05, 0) is 31.2 Å². The van der Waals surface area contributed by atoms with Crippen LogP contribution in [0.1, 0.15) is 6.92 Å². The molecule has 1 unspecified atom stereocenters. The van der Waals surface area contributed by atoms with Gasteiger partial charge in [-0.2, -0.15) is 0 Å². The van der Waals surface area contributed by atoms with Crippen LogP contribution in [0, 0.1) is 11.6 Å². The molecule has 1 amide bonds. The van der Waals surface area contributed by atoms with Gasteiger partial charge in [0.1, 0.15) is 17.3 Å². The van der Waals surface area contributed by atoms with Crippen LogP contribution in [-0.4, -0.2) is 25.8 Å². The number of carbonyl (C=O) groups is 1. The molecule has 5 nitrogen and oxygen atoms in total. The quantitative estimate of drug-likeness (QED) is 0.527. The fourth-order valence-corrected chi connectivity index (χ4v) is 4.37. The van der Waals surface area contributed by atoms with Crippen molar-refractivity contribution in [3.8, 4) is 0 Å². The number of hydrogen-bond donors (Lipinski definition) is 1. The number of amides is 1. The molecule has 2 aromatic carbocycles. The first-order valence-corrected chi connectivity index (χ1v) is 9.38. The number of anilines is 1. The lowest BCUT2D eigenvalue weighted by molar-refractivity contribution is -0.115. The molecule has 2 aromatic heterocycles. The van der Waals surface area contributed by atoms with Crippen LogP contribution in [0.25, 0.3) is 15.2 Å². The molecule has 1 atom stereocenters. The Balaban J connectivity index is 1.59. The summed E-state index contributed by atoms with van der Waals surface area (Å²) in [5.74, 6) is -2.15. The topological polar surface area (TPSA) is 59.3 Å². The van der Waals surface area contributed by atoms with E-state index in [2.05, 4.69) is 15.5 Å². The Hall–Kier alpha value is -2.52. The van der Waals surface area contributed by atoms with Gasteiger partial charge in [-0.1, -0.05) is 41.3 Å². The lowest BCUT2D eigenvalue weighted by Gasteiger charge is -2.12. The molecular weight excluding hydrogens is 378 g/mol. The number of rotatable bonds is 4. The van der Waals surface area contributed by atoms with E-state index in [9.17, 15) is 13.6 Å². The SMILES string of the molecule is CC(Sc1nnc2sc3ccccc3n12)C(=O)Nc1c(F)cccc1F. The van der Waals surface area contributed by atoms with Crippen LogP contribution in [0.3, 0.4) is 0 Å². The normalized spacial score (nSPS) is 12.6. The molecule has 0 radical (unpaired) electrons. The standard InChI is InChI=1S/C17H12F2N4OS2/c1-9(15(24)20-14-10(18)5-4-6-11(14)19)25-16-21-22-17-23(16)12-7-2-3-8-13(12)26-17/h2-9H,1H3,(H,20,24). The van der Waals surface area contributed by atoms with E-state index in [1.54, 1.807) is 6.92 Å². The Kier molecular flexibility index (Phi) is 4.33. The average Bonchev–Trinajstić information content (AvgIpc) is 3.18. The molecule has 0 saturated carbocycles. The van der Waals surface area contributed by atoms with Gasteiger partial charge in [0.05, 0.1) is 15.5 Å². The Labute approximate surface area is 155 Å². The zero-order valence-corrected chi connectivity index (χ0v) is 15.1. The molecule has 0 saturated heterocycles. The minimum absolute atomic E-state index is 0.447. The molecular formula is C17H12F2N4OS2. The van der Waals surface area contributed by atoms with Gasteiger partial charge in [-0.3, -0.25) is 9.20 Å². The van der Waals surface area contributed by atoms with Crippen molar-refractivity contribution < 1.29 is 13.6 Å². The molecule has 4 aromatic rings. The highest BCUT2D eigenvalue weighted by molar-refractivity contribution is 8.00. The summed E-state index contributed by atoms with van der Waals surface area (Å²) in [6, 6.07) is 11.2. The second-order valence-corrected chi connectivity index (χ2v) is 7.83. The molecule has 4 rings (SSSR count). The molecule has 0 aliphatic heterocycles. The molecule has 132 valence electrons. The van der Waals surface area contributed by atoms with Crippen LogP contribution >= 0.6 is 23.1 Å². The van der Waals surface area contributed by atoms with Gasteiger partial charge in [-0.25, -0.2) is 8.78 Å². The van der Waals surface area contributed by atoms with Crippen molar-refractivity contribution in [2.24, 2.45) is 0 Å². The molecule has 0 spiro atoms. The third-order valence-corrected chi connectivity index (χ3v) is 5.83. The van der Waals surface area contributed by atoms with Crippen molar-refractivity contribution >= 4 is 49.9 Å². The summed E-state index contributed by atoms with van der Waals surface area (Å²) in [5.41, 5.74) is 0.505. The summed E-state index contributed by atoms with van der Waals surface area (Å²) in [6.07, 6.45) is 0. The van der Waals surface area contributed by atoms with E-state index in [1.807, 2.05) is 28.7 Å². The maximum absolute atomic E-state index is 13.7. The van der Waals surface area contributed by atoms with Gasteiger partial charge in [0.15, 0.2) is 5.16 Å². The number of thiazole rings is 1. The van der Waals surface area contributed by atoms with E-state index in [1.165, 1.54) is 29.2 Å². The lowest BCUT2D eigenvalue weighted by Crippen LogP contribution is -2.24. The molecule has 0 aliphatic carbocycles. The lowest BCUT2D eigenvalue weighted by atomic mass is 10.3. The van der Waals surface area contributed by atoms with E-state index < -0.39 is 28.5 Å². The predicted octanol–water partition coefficient (Wildman–Crippen LogP) is 4.34. The van der Waals surface area contributed by atoms with Crippen LogP contribution in [0.15, 0.2) is 47.6 Å². The fourth-order valence-electron chi connectivity index (χ4n) is 2.49. The maximum Gasteiger partial charge on any atom is 0.237 e. The van der Waals surface area contributed by atoms with Crippen molar-refractivity contribution in [1.29, 1.82) is 0 Å². The zero-order valence-electron chi connectivity index (χ0n) is 13.4. The molecule has 9 heteroatoms. The highest BCUT2D eigenvalue weighted by Crippen LogP contribution is 2.31. The largest absolute Gasteiger partial charge is 0.320 e. The van der Waals surface area contributed by atoms with E-state index >= 15 is 0 Å². The molecule has 2 heterocycles. The molecule has 0 bridgehead atoms. The smallest absolute Gasteiger partial charge is 0.237 e. The second-order valence-electron chi connectivity index (χ2n) is 5.52. The van der Waals surface area contributed by atoms with Crippen LogP contribution in [0.5, 0.6) is 0 Å². The van der Waals surface area contributed by atoms with E-state index in [-0.39, 0.29) is 0 Å². The highest BCUT2D eigenvalue weighted by Gasteiger charge is 2.22. The third-order valence-electron chi connectivity index (χ3n) is 3.77. The first kappa shape index (κ1) is 16.9. The summed E-state index contributed by atoms with van der Waals surface area (Å²) in [6.45, 7) is 1.65. The van der Waals surface area contributed by atoms with E-state index in [4.69, 9.17) is 0 Å². The summed E-state index contributed by atoms with van der Waals surface area (Å²) >= 11 is 2.68. The van der Waals surface area contributed by atoms with E-state index in [0.717, 1.165) is 27.3 Å². The summed E-state index contributed by atoms with van der Waals surface area (Å²) in [7, 11) is 0.